The lowest BCUT2D eigenvalue weighted by atomic mass is 10.2. The summed E-state index contributed by atoms with van der Waals surface area (Å²) in [5.74, 6) is 1.04. The van der Waals surface area contributed by atoms with E-state index in [0.717, 1.165) is 0 Å². The van der Waals surface area contributed by atoms with Crippen LogP contribution in [0.15, 0.2) is 18.2 Å². The van der Waals surface area contributed by atoms with Gasteiger partial charge in [0, 0.05) is 30.5 Å². The second-order valence-corrected chi connectivity index (χ2v) is 6.18. The summed E-state index contributed by atoms with van der Waals surface area (Å²) >= 11 is 1.56. The second kappa shape index (κ2) is 7.87. The summed E-state index contributed by atoms with van der Waals surface area (Å²) in [7, 11) is 1.49. The number of amides is 3. The largest absolute Gasteiger partial charge is 0.495 e. The molecule has 1 atom stereocenters. The van der Waals surface area contributed by atoms with Crippen molar-refractivity contribution in [2.75, 3.05) is 29.2 Å². The van der Waals surface area contributed by atoms with Crippen LogP contribution in [0.2, 0.25) is 0 Å². The average Bonchev–Trinajstić information content (AvgIpc) is 2.71. The highest BCUT2D eigenvalue weighted by Gasteiger charge is 2.24. The molecule has 3 N–H and O–H groups in total. The molecule has 23 heavy (non-hydrogen) atoms. The molecular formula is C15H19N3O4S. The fraction of sp³-hybridized carbons (Fsp3) is 0.400. The Balaban J connectivity index is 2.14. The number of rotatable bonds is 4. The molecule has 8 heteroatoms. The molecule has 1 aliphatic heterocycles. The highest BCUT2D eigenvalue weighted by atomic mass is 32.2. The Labute approximate surface area is 138 Å². The number of carbonyl (C=O) groups is 3. The van der Waals surface area contributed by atoms with Crippen LogP contribution in [0.3, 0.4) is 0 Å². The van der Waals surface area contributed by atoms with Gasteiger partial charge in [0.25, 0.3) is 0 Å². The maximum atomic E-state index is 12.4. The van der Waals surface area contributed by atoms with E-state index in [-0.39, 0.29) is 17.7 Å². The van der Waals surface area contributed by atoms with Gasteiger partial charge >= 0.3 is 0 Å². The third-order valence-electron chi connectivity index (χ3n) is 3.19. The molecule has 124 valence electrons. The molecule has 3 amide bonds. The fourth-order valence-electron chi connectivity index (χ4n) is 2.12. The van der Waals surface area contributed by atoms with Crippen LogP contribution < -0.4 is 20.7 Å². The van der Waals surface area contributed by atoms with E-state index in [1.807, 2.05) is 0 Å². The van der Waals surface area contributed by atoms with Gasteiger partial charge < -0.3 is 20.7 Å². The van der Waals surface area contributed by atoms with Crippen LogP contribution in [0.4, 0.5) is 11.4 Å². The van der Waals surface area contributed by atoms with Crippen LogP contribution in [0.1, 0.15) is 13.3 Å². The molecule has 1 aromatic rings. The van der Waals surface area contributed by atoms with Gasteiger partial charge in [0.15, 0.2) is 0 Å². The lowest BCUT2D eigenvalue weighted by molar-refractivity contribution is -0.125. The summed E-state index contributed by atoms with van der Waals surface area (Å²) in [4.78, 5) is 35.1. The maximum absolute atomic E-state index is 12.4. The number of anilines is 2. The SMILES string of the molecule is COc1ccc(NC(C)=O)cc1NC(=O)[C@@H]1CSCCC(=O)N1. The molecule has 0 bridgehead atoms. The van der Waals surface area contributed by atoms with Crippen molar-refractivity contribution in [3.8, 4) is 5.75 Å². The van der Waals surface area contributed by atoms with Gasteiger partial charge in [-0.25, -0.2) is 0 Å². The Morgan fingerprint density at radius 3 is 2.83 bits per heavy atom. The standard InChI is InChI=1S/C15H19N3O4S/c1-9(19)16-10-3-4-13(22-2)11(7-10)18-15(21)12-8-23-6-5-14(20)17-12/h3-4,7,12H,5-6,8H2,1-2H3,(H,16,19)(H,17,20)(H,18,21)/t12-/m0/s1. The quantitative estimate of drug-likeness (QED) is 0.767. The average molecular weight is 337 g/mol. The maximum Gasteiger partial charge on any atom is 0.247 e. The van der Waals surface area contributed by atoms with E-state index < -0.39 is 6.04 Å². The number of ether oxygens (including phenoxy) is 1. The van der Waals surface area contributed by atoms with E-state index in [1.165, 1.54) is 14.0 Å². The Hall–Kier alpha value is -2.22. The van der Waals surface area contributed by atoms with E-state index in [4.69, 9.17) is 4.74 Å². The van der Waals surface area contributed by atoms with Gasteiger partial charge in [-0.05, 0) is 18.2 Å². The molecule has 1 saturated heterocycles. The third kappa shape index (κ3) is 4.88. The van der Waals surface area contributed by atoms with Gasteiger partial charge in [-0.15, -0.1) is 0 Å². The smallest absolute Gasteiger partial charge is 0.247 e. The van der Waals surface area contributed by atoms with Gasteiger partial charge in [-0.1, -0.05) is 0 Å². The van der Waals surface area contributed by atoms with Gasteiger partial charge in [-0.2, -0.15) is 11.8 Å². The lowest BCUT2D eigenvalue weighted by Gasteiger charge is -2.17. The normalized spacial score (nSPS) is 17.7. The van der Waals surface area contributed by atoms with Gasteiger partial charge in [0.2, 0.25) is 17.7 Å². The first-order valence-corrected chi connectivity index (χ1v) is 8.28. The summed E-state index contributed by atoms with van der Waals surface area (Å²) in [6.45, 7) is 1.40. The van der Waals surface area contributed by atoms with Crippen LogP contribution in [-0.2, 0) is 14.4 Å². The van der Waals surface area contributed by atoms with Crippen molar-refractivity contribution in [3.63, 3.8) is 0 Å². The summed E-state index contributed by atoms with van der Waals surface area (Å²) < 4.78 is 5.22. The first kappa shape index (κ1) is 17.1. The minimum absolute atomic E-state index is 0.130. The van der Waals surface area contributed by atoms with E-state index in [9.17, 15) is 14.4 Å². The first-order valence-electron chi connectivity index (χ1n) is 7.13. The number of hydrogen-bond donors (Lipinski definition) is 3. The minimum Gasteiger partial charge on any atom is -0.495 e. The van der Waals surface area contributed by atoms with Crippen LogP contribution in [0, 0.1) is 0 Å². The number of methoxy groups -OCH3 is 1. The Morgan fingerprint density at radius 2 is 2.13 bits per heavy atom. The molecule has 0 radical (unpaired) electrons. The summed E-state index contributed by atoms with van der Waals surface area (Å²) in [5, 5.41) is 8.10. The monoisotopic (exact) mass is 337 g/mol. The predicted octanol–water partition coefficient (Wildman–Crippen LogP) is 1.21. The Kier molecular flexibility index (Phi) is 5.86. The van der Waals surface area contributed by atoms with Crippen molar-refractivity contribution in [1.82, 2.24) is 5.32 Å². The molecule has 1 aromatic carbocycles. The molecule has 1 fully saturated rings. The van der Waals surface area contributed by atoms with E-state index in [0.29, 0.717) is 35.1 Å². The Morgan fingerprint density at radius 1 is 1.35 bits per heavy atom. The highest BCUT2D eigenvalue weighted by Crippen LogP contribution is 2.28. The molecule has 1 heterocycles. The number of hydrogen-bond acceptors (Lipinski definition) is 5. The Bertz CT molecular complexity index is 621. The lowest BCUT2D eigenvalue weighted by Crippen LogP contribution is -2.44. The first-order chi connectivity index (χ1) is 11.0. The molecule has 0 aromatic heterocycles. The van der Waals surface area contributed by atoms with Crippen molar-refractivity contribution >= 4 is 40.9 Å². The fourth-order valence-corrected chi connectivity index (χ4v) is 3.09. The van der Waals surface area contributed by atoms with Crippen LogP contribution in [0.25, 0.3) is 0 Å². The number of benzene rings is 1. The van der Waals surface area contributed by atoms with Crippen molar-refractivity contribution in [2.45, 2.75) is 19.4 Å². The third-order valence-corrected chi connectivity index (χ3v) is 4.25. The summed E-state index contributed by atoms with van der Waals surface area (Å²) in [5.41, 5.74) is 0.986. The van der Waals surface area contributed by atoms with E-state index in [1.54, 1.807) is 30.0 Å². The number of thioether (sulfide) groups is 1. The molecule has 0 spiro atoms. The molecule has 1 aliphatic rings. The van der Waals surface area contributed by atoms with Crippen molar-refractivity contribution < 1.29 is 19.1 Å². The molecule has 0 aliphatic carbocycles. The van der Waals surface area contributed by atoms with E-state index in [2.05, 4.69) is 16.0 Å². The zero-order chi connectivity index (χ0) is 16.8. The van der Waals surface area contributed by atoms with Crippen LogP contribution >= 0.6 is 11.8 Å². The second-order valence-electron chi connectivity index (χ2n) is 5.03. The molecule has 7 nitrogen and oxygen atoms in total. The van der Waals surface area contributed by atoms with Gasteiger partial charge in [-0.3, -0.25) is 14.4 Å². The topological polar surface area (TPSA) is 96.5 Å². The van der Waals surface area contributed by atoms with Gasteiger partial charge in [0.1, 0.15) is 11.8 Å². The summed E-state index contributed by atoms with van der Waals surface area (Å²) in [6, 6.07) is 4.36. The summed E-state index contributed by atoms with van der Waals surface area (Å²) in [6.07, 6.45) is 0.412. The highest BCUT2D eigenvalue weighted by molar-refractivity contribution is 7.99. The zero-order valence-electron chi connectivity index (χ0n) is 13.0. The number of nitrogens with one attached hydrogen (secondary N) is 3. The zero-order valence-corrected chi connectivity index (χ0v) is 13.8. The van der Waals surface area contributed by atoms with Crippen molar-refractivity contribution in [1.29, 1.82) is 0 Å². The van der Waals surface area contributed by atoms with Crippen LogP contribution in [-0.4, -0.2) is 42.4 Å². The van der Waals surface area contributed by atoms with Crippen molar-refractivity contribution in [2.24, 2.45) is 0 Å². The van der Waals surface area contributed by atoms with Gasteiger partial charge in [0.05, 0.1) is 12.8 Å². The van der Waals surface area contributed by atoms with E-state index >= 15 is 0 Å². The molecule has 2 rings (SSSR count). The number of carbonyl (C=O) groups excluding carboxylic acids is 3. The molecule has 0 saturated carbocycles. The van der Waals surface area contributed by atoms with Crippen molar-refractivity contribution in [3.05, 3.63) is 18.2 Å². The molecular weight excluding hydrogens is 318 g/mol. The minimum atomic E-state index is -0.593. The van der Waals surface area contributed by atoms with Crippen LogP contribution in [0.5, 0.6) is 5.75 Å². The predicted molar refractivity (Wildman–Crippen MR) is 89.8 cm³/mol. The molecule has 0 unspecified atom stereocenters.